The Labute approximate surface area is 150 Å². The quantitative estimate of drug-likeness (QED) is 0.549. The van der Waals surface area contributed by atoms with E-state index in [-0.39, 0.29) is 0 Å². The molecule has 1 aromatic carbocycles. The first-order valence-corrected chi connectivity index (χ1v) is 8.02. The number of methoxy groups -OCH3 is 1. The number of benzene rings is 1. The van der Waals surface area contributed by atoms with Crippen molar-refractivity contribution in [2.45, 2.75) is 25.8 Å². The van der Waals surface area contributed by atoms with Crippen LogP contribution in [0.2, 0.25) is 0 Å². The summed E-state index contributed by atoms with van der Waals surface area (Å²) in [4.78, 5) is 48.5. The van der Waals surface area contributed by atoms with Crippen LogP contribution in [0.3, 0.4) is 0 Å². The number of carbonyl (C=O) groups excluding carboxylic acids is 4. The number of hydrogen-bond acceptors (Lipinski definition) is 6. The van der Waals surface area contributed by atoms with E-state index >= 15 is 0 Å². The maximum atomic E-state index is 12.2. The fourth-order valence-electron chi connectivity index (χ4n) is 2.35. The number of imide groups is 1. The molecule has 0 bridgehead atoms. The molecule has 1 fully saturated rings. The van der Waals surface area contributed by atoms with Gasteiger partial charge in [0.1, 0.15) is 17.8 Å². The van der Waals surface area contributed by atoms with Crippen LogP contribution in [0.4, 0.5) is 10.5 Å². The molecule has 0 radical (unpaired) electrons. The van der Waals surface area contributed by atoms with Crippen molar-refractivity contribution in [2.24, 2.45) is 0 Å². The summed E-state index contributed by atoms with van der Waals surface area (Å²) in [6.45, 7) is 2.25. The summed E-state index contributed by atoms with van der Waals surface area (Å²) in [6.07, 6.45) is 0.395. The molecule has 140 valence electrons. The molecule has 26 heavy (non-hydrogen) atoms. The number of carbonyl (C=O) groups is 4. The lowest BCUT2D eigenvalue weighted by Crippen LogP contribution is -2.43. The monoisotopic (exact) mass is 363 g/mol. The summed E-state index contributed by atoms with van der Waals surface area (Å²) in [6, 6.07) is 6.03. The van der Waals surface area contributed by atoms with E-state index in [4.69, 9.17) is 9.47 Å². The van der Waals surface area contributed by atoms with Gasteiger partial charge in [0.15, 0.2) is 6.61 Å². The Kier molecular flexibility index (Phi) is 5.81. The zero-order chi connectivity index (χ0) is 19.3. The molecule has 1 atom stereocenters. The first-order valence-electron chi connectivity index (χ1n) is 8.02. The maximum absolute atomic E-state index is 12.2. The second kappa shape index (κ2) is 7.85. The van der Waals surface area contributed by atoms with Gasteiger partial charge in [0.2, 0.25) is 0 Å². The average Bonchev–Trinajstić information content (AvgIpc) is 2.84. The minimum absolute atomic E-state index is 0.395. The smallest absolute Gasteiger partial charge is 0.326 e. The Morgan fingerprint density at radius 2 is 2.04 bits per heavy atom. The van der Waals surface area contributed by atoms with Crippen LogP contribution in [-0.2, 0) is 19.1 Å². The van der Waals surface area contributed by atoms with Gasteiger partial charge in [-0.25, -0.2) is 4.79 Å². The Morgan fingerprint density at radius 3 is 2.65 bits per heavy atom. The standard InChI is InChI=1S/C17H21N3O6/c1-4-17(2)15(23)20(16(24)19-17)9-14(22)26-10-13(21)18-11-6-5-7-12(8-11)25-3/h5-8H,4,9-10H2,1-3H3,(H,18,21)(H,19,24)/t17-/m1/s1. The van der Waals surface area contributed by atoms with Crippen LogP contribution < -0.4 is 15.4 Å². The minimum Gasteiger partial charge on any atom is -0.497 e. The lowest BCUT2D eigenvalue weighted by Gasteiger charge is -2.18. The van der Waals surface area contributed by atoms with Crippen LogP contribution >= 0.6 is 0 Å². The molecule has 9 heteroatoms. The number of nitrogens with one attached hydrogen (secondary N) is 2. The molecular formula is C17H21N3O6. The van der Waals surface area contributed by atoms with Gasteiger partial charge in [-0.2, -0.15) is 0 Å². The second-order valence-electron chi connectivity index (χ2n) is 5.95. The average molecular weight is 363 g/mol. The molecular weight excluding hydrogens is 342 g/mol. The minimum atomic E-state index is -1.03. The van der Waals surface area contributed by atoms with Crippen molar-refractivity contribution in [2.75, 3.05) is 25.6 Å². The molecule has 2 N–H and O–H groups in total. The third kappa shape index (κ3) is 4.29. The Bertz CT molecular complexity index is 735. The lowest BCUT2D eigenvalue weighted by atomic mass is 9.99. The highest BCUT2D eigenvalue weighted by Gasteiger charge is 2.47. The van der Waals surface area contributed by atoms with E-state index in [1.165, 1.54) is 7.11 Å². The van der Waals surface area contributed by atoms with E-state index < -0.39 is 42.5 Å². The molecule has 9 nitrogen and oxygen atoms in total. The Morgan fingerprint density at radius 1 is 1.31 bits per heavy atom. The van der Waals surface area contributed by atoms with E-state index in [2.05, 4.69) is 10.6 Å². The zero-order valence-corrected chi connectivity index (χ0v) is 14.8. The zero-order valence-electron chi connectivity index (χ0n) is 14.8. The first-order chi connectivity index (χ1) is 12.3. The van der Waals surface area contributed by atoms with Gasteiger partial charge in [0, 0.05) is 11.8 Å². The summed E-state index contributed by atoms with van der Waals surface area (Å²) in [5.41, 5.74) is -0.542. The summed E-state index contributed by atoms with van der Waals surface area (Å²) in [5.74, 6) is -1.34. The number of nitrogens with zero attached hydrogens (tertiary/aromatic N) is 1. The van der Waals surface area contributed by atoms with Crippen LogP contribution in [0.25, 0.3) is 0 Å². The number of hydrogen-bond donors (Lipinski definition) is 2. The highest BCUT2D eigenvalue weighted by atomic mass is 16.5. The number of urea groups is 1. The van der Waals surface area contributed by atoms with Crippen LogP contribution in [-0.4, -0.2) is 54.5 Å². The van der Waals surface area contributed by atoms with Crippen LogP contribution in [0, 0.1) is 0 Å². The van der Waals surface area contributed by atoms with Gasteiger partial charge in [0.25, 0.3) is 11.8 Å². The van der Waals surface area contributed by atoms with Gasteiger partial charge in [-0.05, 0) is 25.5 Å². The topological polar surface area (TPSA) is 114 Å². The molecule has 1 aliphatic heterocycles. The molecule has 0 saturated carbocycles. The van der Waals surface area contributed by atoms with Gasteiger partial charge in [0.05, 0.1) is 7.11 Å². The summed E-state index contributed by atoms with van der Waals surface area (Å²) >= 11 is 0. The molecule has 0 spiro atoms. The SMILES string of the molecule is CC[C@@]1(C)NC(=O)N(CC(=O)OCC(=O)Nc2cccc(OC)c2)C1=O. The molecule has 0 unspecified atom stereocenters. The molecule has 1 aliphatic rings. The molecule has 4 amide bonds. The number of ether oxygens (including phenoxy) is 2. The fraction of sp³-hybridized carbons (Fsp3) is 0.412. The summed E-state index contributed by atoms with van der Waals surface area (Å²) in [7, 11) is 1.50. The van der Waals surface area contributed by atoms with Crippen LogP contribution in [0.5, 0.6) is 5.75 Å². The van der Waals surface area contributed by atoms with E-state index in [0.29, 0.717) is 17.9 Å². The first kappa shape index (κ1) is 19.2. The van der Waals surface area contributed by atoms with E-state index in [1.807, 2.05) is 0 Å². The van der Waals surface area contributed by atoms with Crippen molar-refractivity contribution in [1.29, 1.82) is 0 Å². The predicted molar refractivity (Wildman–Crippen MR) is 91.5 cm³/mol. The molecule has 1 saturated heterocycles. The number of anilines is 1. The van der Waals surface area contributed by atoms with Gasteiger partial charge < -0.3 is 20.1 Å². The van der Waals surface area contributed by atoms with Crippen molar-refractivity contribution in [3.63, 3.8) is 0 Å². The summed E-state index contributed by atoms with van der Waals surface area (Å²) in [5, 5.41) is 5.08. The van der Waals surface area contributed by atoms with Gasteiger partial charge in [-0.15, -0.1) is 0 Å². The maximum Gasteiger partial charge on any atom is 0.326 e. The van der Waals surface area contributed by atoms with Crippen molar-refractivity contribution < 1.29 is 28.7 Å². The molecule has 1 aromatic rings. The van der Waals surface area contributed by atoms with Crippen molar-refractivity contribution in [3.05, 3.63) is 24.3 Å². The lowest BCUT2D eigenvalue weighted by molar-refractivity contribution is -0.150. The normalized spacial score (nSPS) is 19.1. The fourth-order valence-corrected chi connectivity index (χ4v) is 2.35. The van der Waals surface area contributed by atoms with Crippen molar-refractivity contribution in [1.82, 2.24) is 10.2 Å². The van der Waals surface area contributed by atoms with Crippen LogP contribution in [0.15, 0.2) is 24.3 Å². The molecule has 2 rings (SSSR count). The predicted octanol–water partition coefficient (Wildman–Crippen LogP) is 0.897. The van der Waals surface area contributed by atoms with Gasteiger partial charge >= 0.3 is 12.0 Å². The number of amides is 4. The van der Waals surface area contributed by atoms with Gasteiger partial charge in [-0.3, -0.25) is 19.3 Å². The van der Waals surface area contributed by atoms with Crippen molar-refractivity contribution >= 4 is 29.5 Å². The van der Waals surface area contributed by atoms with Crippen LogP contribution in [0.1, 0.15) is 20.3 Å². The van der Waals surface area contributed by atoms with E-state index in [0.717, 1.165) is 4.90 Å². The third-order valence-electron chi connectivity index (χ3n) is 4.06. The van der Waals surface area contributed by atoms with E-state index in [9.17, 15) is 19.2 Å². The highest BCUT2D eigenvalue weighted by Crippen LogP contribution is 2.20. The van der Waals surface area contributed by atoms with E-state index in [1.54, 1.807) is 38.1 Å². The third-order valence-corrected chi connectivity index (χ3v) is 4.06. The van der Waals surface area contributed by atoms with Gasteiger partial charge in [-0.1, -0.05) is 13.0 Å². The number of rotatable bonds is 7. The second-order valence-corrected chi connectivity index (χ2v) is 5.95. The molecule has 0 aliphatic carbocycles. The van der Waals surface area contributed by atoms with Crippen molar-refractivity contribution in [3.8, 4) is 5.75 Å². The number of esters is 1. The molecule has 1 heterocycles. The summed E-state index contributed by atoms with van der Waals surface area (Å²) < 4.78 is 9.88. The molecule has 0 aromatic heterocycles. The largest absolute Gasteiger partial charge is 0.497 e. The Hall–Kier alpha value is -3.10. The highest BCUT2D eigenvalue weighted by molar-refractivity contribution is 6.08. The Balaban J connectivity index is 1.84.